The van der Waals surface area contributed by atoms with Gasteiger partial charge in [0.1, 0.15) is 0 Å². The summed E-state index contributed by atoms with van der Waals surface area (Å²) >= 11 is 0. The molecule has 0 aromatic carbocycles. The van der Waals surface area contributed by atoms with Gasteiger partial charge in [0.05, 0.1) is 6.10 Å². The monoisotopic (exact) mass is 240 g/mol. The molecule has 0 bridgehead atoms. The fourth-order valence-electron chi connectivity index (χ4n) is 3.09. The van der Waals surface area contributed by atoms with E-state index in [1.165, 1.54) is 58.2 Å². The van der Waals surface area contributed by atoms with Crippen molar-refractivity contribution >= 4 is 0 Å². The van der Waals surface area contributed by atoms with Crippen molar-refractivity contribution in [3.8, 4) is 0 Å². The highest BCUT2D eigenvalue weighted by atomic mass is 16.7. The molecule has 2 unspecified atom stereocenters. The second-order valence-corrected chi connectivity index (χ2v) is 5.73. The van der Waals surface area contributed by atoms with Crippen molar-refractivity contribution in [3.63, 3.8) is 0 Å². The van der Waals surface area contributed by atoms with E-state index in [9.17, 15) is 0 Å². The fourth-order valence-corrected chi connectivity index (χ4v) is 3.09. The Balaban J connectivity index is 1.68. The Morgan fingerprint density at radius 2 is 2.00 bits per heavy atom. The average molecular weight is 240 g/mol. The van der Waals surface area contributed by atoms with Gasteiger partial charge in [-0.3, -0.25) is 4.84 Å². The zero-order valence-electron chi connectivity index (χ0n) is 11.5. The molecule has 1 saturated carbocycles. The van der Waals surface area contributed by atoms with Crippen molar-refractivity contribution in [2.24, 2.45) is 5.92 Å². The lowest BCUT2D eigenvalue weighted by molar-refractivity contribution is -0.0528. The van der Waals surface area contributed by atoms with Crippen LogP contribution in [-0.4, -0.2) is 36.7 Å². The molecule has 1 saturated heterocycles. The molecular weight excluding hydrogens is 212 g/mol. The van der Waals surface area contributed by atoms with E-state index >= 15 is 0 Å². The standard InChI is InChI=1S/C14H28N2O/c1-3-16-10-6-7-13(11-16)12(2)15-17-14-8-4-5-9-14/h12-15H,3-11H2,1-2H3. The average Bonchev–Trinajstić information content (AvgIpc) is 2.89. The van der Waals surface area contributed by atoms with Gasteiger partial charge in [0.15, 0.2) is 0 Å². The number of hydrogen-bond donors (Lipinski definition) is 1. The third-order valence-electron chi connectivity index (χ3n) is 4.42. The van der Waals surface area contributed by atoms with Gasteiger partial charge in [0.2, 0.25) is 0 Å². The van der Waals surface area contributed by atoms with Crippen LogP contribution in [0.2, 0.25) is 0 Å². The van der Waals surface area contributed by atoms with Crippen molar-refractivity contribution in [2.45, 2.75) is 64.5 Å². The number of rotatable bonds is 5. The first-order chi connectivity index (χ1) is 8.29. The van der Waals surface area contributed by atoms with Crippen LogP contribution in [0.3, 0.4) is 0 Å². The summed E-state index contributed by atoms with van der Waals surface area (Å²) in [6.07, 6.45) is 8.33. The van der Waals surface area contributed by atoms with Gasteiger partial charge in [-0.05, 0) is 51.6 Å². The highest BCUT2D eigenvalue weighted by Gasteiger charge is 2.25. The first-order valence-electron chi connectivity index (χ1n) is 7.43. The Bertz CT molecular complexity index is 216. The largest absolute Gasteiger partial charge is 0.303 e. The predicted molar refractivity (Wildman–Crippen MR) is 70.8 cm³/mol. The number of hydroxylamine groups is 1. The van der Waals surface area contributed by atoms with E-state index in [4.69, 9.17) is 4.84 Å². The maximum absolute atomic E-state index is 5.82. The van der Waals surface area contributed by atoms with Crippen LogP contribution in [0, 0.1) is 5.92 Å². The molecule has 100 valence electrons. The molecule has 2 aliphatic rings. The van der Waals surface area contributed by atoms with Crippen molar-refractivity contribution < 1.29 is 4.84 Å². The molecule has 1 heterocycles. The minimum Gasteiger partial charge on any atom is -0.303 e. The molecule has 0 radical (unpaired) electrons. The second-order valence-electron chi connectivity index (χ2n) is 5.73. The van der Waals surface area contributed by atoms with E-state index in [0.717, 1.165) is 5.92 Å². The summed E-state index contributed by atoms with van der Waals surface area (Å²) in [7, 11) is 0. The van der Waals surface area contributed by atoms with Crippen LogP contribution in [-0.2, 0) is 4.84 Å². The SMILES string of the molecule is CCN1CCCC(C(C)NOC2CCCC2)C1. The Kier molecular flexibility index (Phi) is 5.26. The van der Waals surface area contributed by atoms with Crippen molar-refractivity contribution in [2.75, 3.05) is 19.6 Å². The zero-order chi connectivity index (χ0) is 12.1. The lowest BCUT2D eigenvalue weighted by atomic mass is 9.92. The summed E-state index contributed by atoms with van der Waals surface area (Å²) in [5.74, 6) is 0.755. The molecule has 17 heavy (non-hydrogen) atoms. The summed E-state index contributed by atoms with van der Waals surface area (Å²) in [5.41, 5.74) is 3.31. The molecule has 1 N–H and O–H groups in total. The van der Waals surface area contributed by atoms with Gasteiger partial charge in [0.25, 0.3) is 0 Å². The number of nitrogens with one attached hydrogen (secondary N) is 1. The first kappa shape index (κ1) is 13.3. The number of nitrogens with zero attached hydrogens (tertiary/aromatic N) is 1. The molecule has 0 spiro atoms. The van der Waals surface area contributed by atoms with Gasteiger partial charge in [-0.2, -0.15) is 5.48 Å². The quantitative estimate of drug-likeness (QED) is 0.748. The van der Waals surface area contributed by atoms with E-state index in [1.807, 2.05) is 0 Å². The van der Waals surface area contributed by atoms with Crippen molar-refractivity contribution in [1.82, 2.24) is 10.4 Å². The van der Waals surface area contributed by atoms with Gasteiger partial charge in [-0.25, -0.2) is 0 Å². The Morgan fingerprint density at radius 3 is 2.71 bits per heavy atom. The van der Waals surface area contributed by atoms with Gasteiger partial charge >= 0.3 is 0 Å². The van der Waals surface area contributed by atoms with Crippen LogP contribution in [0.5, 0.6) is 0 Å². The molecule has 0 aromatic heterocycles. The normalized spacial score (nSPS) is 29.6. The highest BCUT2D eigenvalue weighted by Crippen LogP contribution is 2.22. The van der Waals surface area contributed by atoms with E-state index in [1.54, 1.807) is 0 Å². The van der Waals surface area contributed by atoms with Crippen LogP contribution in [0.4, 0.5) is 0 Å². The first-order valence-corrected chi connectivity index (χ1v) is 7.43. The molecule has 3 heteroatoms. The number of hydrogen-bond acceptors (Lipinski definition) is 3. The zero-order valence-corrected chi connectivity index (χ0v) is 11.5. The van der Waals surface area contributed by atoms with Gasteiger partial charge in [0, 0.05) is 12.6 Å². The molecule has 2 fully saturated rings. The third kappa shape index (κ3) is 3.94. The Hall–Kier alpha value is -0.120. The molecule has 0 amide bonds. The van der Waals surface area contributed by atoms with Gasteiger partial charge in [-0.1, -0.05) is 19.8 Å². The van der Waals surface area contributed by atoms with Crippen molar-refractivity contribution in [1.29, 1.82) is 0 Å². The van der Waals surface area contributed by atoms with Crippen LogP contribution < -0.4 is 5.48 Å². The van der Waals surface area contributed by atoms with Gasteiger partial charge in [-0.15, -0.1) is 0 Å². The summed E-state index contributed by atoms with van der Waals surface area (Å²) in [4.78, 5) is 8.38. The van der Waals surface area contributed by atoms with E-state index in [0.29, 0.717) is 12.1 Å². The highest BCUT2D eigenvalue weighted by molar-refractivity contribution is 4.78. The smallest absolute Gasteiger partial charge is 0.0790 e. The lowest BCUT2D eigenvalue weighted by Crippen LogP contribution is -2.45. The van der Waals surface area contributed by atoms with E-state index in [-0.39, 0.29) is 0 Å². The van der Waals surface area contributed by atoms with Crippen LogP contribution in [0.25, 0.3) is 0 Å². The number of piperidine rings is 1. The molecule has 1 aliphatic carbocycles. The molecule has 2 atom stereocenters. The van der Waals surface area contributed by atoms with Gasteiger partial charge < -0.3 is 4.90 Å². The topological polar surface area (TPSA) is 24.5 Å². The van der Waals surface area contributed by atoms with E-state index < -0.39 is 0 Å². The van der Waals surface area contributed by atoms with Crippen LogP contribution in [0.15, 0.2) is 0 Å². The molecule has 0 aromatic rings. The van der Waals surface area contributed by atoms with Crippen LogP contribution >= 0.6 is 0 Å². The summed E-state index contributed by atoms with van der Waals surface area (Å²) in [6, 6.07) is 0.491. The minimum absolute atomic E-state index is 0.475. The van der Waals surface area contributed by atoms with E-state index in [2.05, 4.69) is 24.2 Å². The third-order valence-corrected chi connectivity index (χ3v) is 4.42. The molecular formula is C14H28N2O. The summed E-state index contributed by atoms with van der Waals surface area (Å²) in [6.45, 7) is 8.24. The maximum atomic E-state index is 5.82. The summed E-state index contributed by atoms with van der Waals surface area (Å²) < 4.78 is 0. The lowest BCUT2D eigenvalue weighted by Gasteiger charge is -2.35. The maximum Gasteiger partial charge on any atom is 0.0790 e. The predicted octanol–water partition coefficient (Wildman–Crippen LogP) is 2.57. The second kappa shape index (κ2) is 6.72. The molecule has 1 aliphatic heterocycles. The molecule has 3 nitrogen and oxygen atoms in total. The van der Waals surface area contributed by atoms with Crippen LogP contribution in [0.1, 0.15) is 52.4 Å². The minimum atomic E-state index is 0.475. The summed E-state index contributed by atoms with van der Waals surface area (Å²) in [5, 5.41) is 0. The fraction of sp³-hybridized carbons (Fsp3) is 1.00. The Labute approximate surface area is 106 Å². The number of likely N-dealkylation sites (tertiary alicyclic amines) is 1. The molecule has 2 rings (SSSR count). The Morgan fingerprint density at radius 1 is 1.24 bits per heavy atom. The van der Waals surface area contributed by atoms with Crippen molar-refractivity contribution in [3.05, 3.63) is 0 Å².